The number of fused-ring (bicyclic) bond motifs is 1. The summed E-state index contributed by atoms with van der Waals surface area (Å²) in [6.45, 7) is 0. The Morgan fingerprint density at radius 3 is 2.63 bits per heavy atom. The van der Waals surface area contributed by atoms with Crippen LogP contribution in [0.5, 0.6) is 0 Å². The van der Waals surface area contributed by atoms with Crippen LogP contribution >= 0.6 is 0 Å². The number of hydrogen-bond acceptors (Lipinski definition) is 3. The molecule has 4 nitrogen and oxygen atoms in total. The largest absolute Gasteiger partial charge is 0.331 e. The van der Waals surface area contributed by atoms with E-state index in [0.717, 1.165) is 28.8 Å². The first-order chi connectivity index (χ1) is 9.25. The van der Waals surface area contributed by atoms with Gasteiger partial charge < -0.3 is 10.3 Å². The molecule has 0 fully saturated rings. The molecule has 0 amide bonds. The number of hydrogen-bond donors (Lipinski definition) is 1. The van der Waals surface area contributed by atoms with Crippen molar-refractivity contribution in [1.29, 1.82) is 0 Å². The van der Waals surface area contributed by atoms with Crippen LogP contribution in [0.2, 0.25) is 0 Å². The summed E-state index contributed by atoms with van der Waals surface area (Å²) in [6, 6.07) is 12.0. The Morgan fingerprint density at radius 1 is 1.16 bits per heavy atom. The second-order valence-corrected chi connectivity index (χ2v) is 4.67. The van der Waals surface area contributed by atoms with Crippen LogP contribution in [0.25, 0.3) is 11.0 Å². The lowest BCUT2D eigenvalue weighted by Gasteiger charge is -2.11. The predicted molar refractivity (Wildman–Crippen MR) is 75.6 cm³/mol. The predicted octanol–water partition coefficient (Wildman–Crippen LogP) is 2.21. The Balaban J connectivity index is 1.91. The lowest BCUT2D eigenvalue weighted by atomic mass is 10.1. The van der Waals surface area contributed by atoms with E-state index < -0.39 is 0 Å². The van der Waals surface area contributed by atoms with Crippen molar-refractivity contribution in [3.8, 4) is 0 Å². The van der Waals surface area contributed by atoms with Crippen molar-refractivity contribution in [3.63, 3.8) is 0 Å². The topological polar surface area (TPSA) is 56.7 Å². The summed E-state index contributed by atoms with van der Waals surface area (Å²) in [7, 11) is 2.03. The number of rotatable bonds is 3. The molecule has 0 spiro atoms. The summed E-state index contributed by atoms with van der Waals surface area (Å²) in [6.07, 6.45) is 4.25. The van der Waals surface area contributed by atoms with Crippen molar-refractivity contribution in [3.05, 3.63) is 60.2 Å². The zero-order valence-electron chi connectivity index (χ0n) is 10.8. The summed E-state index contributed by atoms with van der Waals surface area (Å²) in [4.78, 5) is 8.66. The molecule has 1 aromatic carbocycles. The third kappa shape index (κ3) is 2.22. The van der Waals surface area contributed by atoms with E-state index in [9.17, 15) is 0 Å². The van der Waals surface area contributed by atoms with Gasteiger partial charge in [-0.1, -0.05) is 12.1 Å². The second-order valence-electron chi connectivity index (χ2n) is 4.67. The van der Waals surface area contributed by atoms with Crippen LogP contribution in [0.15, 0.2) is 48.8 Å². The molecule has 2 heterocycles. The summed E-state index contributed by atoms with van der Waals surface area (Å²) in [5, 5.41) is 0. The molecule has 0 saturated heterocycles. The van der Waals surface area contributed by atoms with Gasteiger partial charge in [0.2, 0.25) is 0 Å². The van der Waals surface area contributed by atoms with E-state index in [2.05, 4.69) is 20.6 Å². The number of nitrogens with zero attached hydrogens (tertiary/aromatic N) is 3. The van der Waals surface area contributed by atoms with E-state index in [1.54, 1.807) is 12.4 Å². The minimum Gasteiger partial charge on any atom is -0.331 e. The minimum absolute atomic E-state index is 0.0569. The molecule has 3 aromatic rings. The highest BCUT2D eigenvalue weighted by molar-refractivity contribution is 5.75. The second kappa shape index (κ2) is 4.82. The maximum Gasteiger partial charge on any atom is 0.111 e. The van der Waals surface area contributed by atoms with Gasteiger partial charge in [0.25, 0.3) is 0 Å². The van der Waals surface area contributed by atoms with Crippen molar-refractivity contribution in [2.24, 2.45) is 12.8 Å². The van der Waals surface area contributed by atoms with Gasteiger partial charge in [-0.05, 0) is 29.8 Å². The van der Waals surface area contributed by atoms with Gasteiger partial charge in [0.05, 0.1) is 11.0 Å². The average Bonchev–Trinajstić information content (AvgIpc) is 2.77. The molecule has 1 unspecified atom stereocenters. The number of benzene rings is 1. The minimum atomic E-state index is -0.0569. The van der Waals surface area contributed by atoms with Crippen LogP contribution in [0.4, 0.5) is 0 Å². The molecule has 0 saturated carbocycles. The van der Waals surface area contributed by atoms with Crippen molar-refractivity contribution in [2.75, 3.05) is 0 Å². The van der Waals surface area contributed by atoms with Crippen LogP contribution in [0.3, 0.4) is 0 Å². The van der Waals surface area contributed by atoms with Crippen molar-refractivity contribution < 1.29 is 0 Å². The highest BCUT2D eigenvalue weighted by atomic mass is 15.1. The van der Waals surface area contributed by atoms with E-state index in [1.165, 1.54) is 0 Å². The standard InChI is InChI=1S/C15H16N4/c1-19-14-5-3-2-4-13(14)18-15(19)10-12(16)11-6-8-17-9-7-11/h2-9,12H,10,16H2,1H3. The molecule has 1 atom stereocenters. The SMILES string of the molecule is Cn1c(CC(N)c2ccncc2)nc2ccccc21. The van der Waals surface area contributed by atoms with Gasteiger partial charge in [0, 0.05) is 31.9 Å². The van der Waals surface area contributed by atoms with Crippen molar-refractivity contribution in [2.45, 2.75) is 12.5 Å². The molecular formula is C15H16N4. The highest BCUT2D eigenvalue weighted by Gasteiger charge is 2.12. The van der Waals surface area contributed by atoms with Crippen LogP contribution < -0.4 is 5.73 Å². The molecular weight excluding hydrogens is 236 g/mol. The molecule has 0 aliphatic rings. The Hall–Kier alpha value is -2.20. The van der Waals surface area contributed by atoms with E-state index in [1.807, 2.05) is 37.4 Å². The fraction of sp³-hybridized carbons (Fsp3) is 0.200. The zero-order valence-corrected chi connectivity index (χ0v) is 10.8. The Morgan fingerprint density at radius 2 is 1.89 bits per heavy atom. The van der Waals surface area contributed by atoms with Gasteiger partial charge in [0.15, 0.2) is 0 Å². The molecule has 19 heavy (non-hydrogen) atoms. The van der Waals surface area contributed by atoms with Crippen molar-refractivity contribution in [1.82, 2.24) is 14.5 Å². The quantitative estimate of drug-likeness (QED) is 0.777. The van der Waals surface area contributed by atoms with Gasteiger partial charge in [-0.2, -0.15) is 0 Å². The van der Waals surface area contributed by atoms with Crippen LogP contribution in [0.1, 0.15) is 17.4 Å². The molecule has 0 bridgehead atoms. The Labute approximate surface area is 111 Å². The maximum atomic E-state index is 6.24. The number of pyridine rings is 1. The molecule has 2 aromatic heterocycles. The summed E-state index contributed by atoms with van der Waals surface area (Å²) in [5.74, 6) is 1.01. The van der Waals surface area contributed by atoms with Gasteiger partial charge in [-0.3, -0.25) is 4.98 Å². The lowest BCUT2D eigenvalue weighted by molar-refractivity contribution is 0.664. The number of nitrogens with two attached hydrogens (primary N) is 1. The first-order valence-corrected chi connectivity index (χ1v) is 6.31. The number of para-hydroxylation sites is 2. The van der Waals surface area contributed by atoms with Gasteiger partial charge in [0.1, 0.15) is 5.82 Å². The van der Waals surface area contributed by atoms with Gasteiger partial charge >= 0.3 is 0 Å². The molecule has 2 N–H and O–H groups in total. The average molecular weight is 252 g/mol. The smallest absolute Gasteiger partial charge is 0.111 e. The third-order valence-electron chi connectivity index (χ3n) is 3.42. The first-order valence-electron chi connectivity index (χ1n) is 6.31. The van der Waals surface area contributed by atoms with E-state index in [-0.39, 0.29) is 6.04 Å². The molecule has 3 rings (SSSR count). The Bertz CT molecular complexity index is 688. The van der Waals surface area contributed by atoms with Gasteiger partial charge in [-0.25, -0.2) is 4.98 Å². The Kier molecular flexibility index (Phi) is 3.01. The van der Waals surface area contributed by atoms with E-state index >= 15 is 0 Å². The van der Waals surface area contributed by atoms with Crippen LogP contribution in [-0.4, -0.2) is 14.5 Å². The third-order valence-corrected chi connectivity index (χ3v) is 3.42. The van der Waals surface area contributed by atoms with Gasteiger partial charge in [-0.15, -0.1) is 0 Å². The molecule has 96 valence electrons. The monoisotopic (exact) mass is 252 g/mol. The molecule has 4 heteroatoms. The first kappa shape index (κ1) is 11.9. The van der Waals surface area contributed by atoms with E-state index in [4.69, 9.17) is 5.73 Å². The zero-order chi connectivity index (χ0) is 13.2. The highest BCUT2D eigenvalue weighted by Crippen LogP contribution is 2.19. The summed E-state index contributed by atoms with van der Waals surface area (Å²) in [5.41, 5.74) is 9.48. The normalized spacial score (nSPS) is 12.7. The lowest BCUT2D eigenvalue weighted by Crippen LogP contribution is -2.15. The number of aromatic nitrogens is 3. The summed E-state index contributed by atoms with van der Waals surface area (Å²) >= 11 is 0. The summed E-state index contributed by atoms with van der Waals surface area (Å²) < 4.78 is 2.11. The van der Waals surface area contributed by atoms with Crippen LogP contribution in [-0.2, 0) is 13.5 Å². The maximum absolute atomic E-state index is 6.24. The fourth-order valence-electron chi connectivity index (χ4n) is 2.30. The van der Waals surface area contributed by atoms with Crippen molar-refractivity contribution >= 4 is 11.0 Å². The van der Waals surface area contributed by atoms with E-state index in [0.29, 0.717) is 0 Å². The fourth-order valence-corrected chi connectivity index (χ4v) is 2.30. The number of imidazole rings is 1. The van der Waals surface area contributed by atoms with Crippen LogP contribution in [0, 0.1) is 0 Å². The molecule has 0 aliphatic heterocycles. The molecule has 0 aliphatic carbocycles. The number of aryl methyl sites for hydroxylation is 1. The molecule has 0 radical (unpaired) electrons.